The molecule has 0 radical (unpaired) electrons. The van der Waals surface area contributed by atoms with Gasteiger partial charge in [0.15, 0.2) is 0 Å². The number of nitrogens with zero attached hydrogens (tertiary/aromatic N) is 5. The van der Waals surface area contributed by atoms with Crippen LogP contribution in [-0.4, -0.2) is 50.3 Å². The Bertz CT molecular complexity index is 810. The molecule has 26 heavy (non-hydrogen) atoms. The van der Waals surface area contributed by atoms with Gasteiger partial charge in [0.2, 0.25) is 11.9 Å². The number of carbonyl (C=O) groups is 1. The number of piperidine rings is 1. The molecule has 1 spiro atoms. The number of aryl methyl sites for hydroxylation is 2. The van der Waals surface area contributed by atoms with E-state index in [0.717, 1.165) is 36.2 Å². The van der Waals surface area contributed by atoms with Crippen LogP contribution in [0.3, 0.4) is 0 Å². The van der Waals surface area contributed by atoms with Crippen molar-refractivity contribution in [2.24, 2.45) is 7.05 Å². The van der Waals surface area contributed by atoms with E-state index in [1.165, 1.54) is 0 Å². The highest BCUT2D eigenvalue weighted by molar-refractivity contribution is 5.76. The van der Waals surface area contributed by atoms with E-state index in [2.05, 4.69) is 15.1 Å². The summed E-state index contributed by atoms with van der Waals surface area (Å²) >= 11 is 0. The lowest BCUT2D eigenvalue weighted by atomic mass is 9.83. The lowest BCUT2D eigenvalue weighted by Gasteiger charge is -2.44. The van der Waals surface area contributed by atoms with Crippen LogP contribution in [0.2, 0.25) is 0 Å². The fraction of sp³-hybridized carbons (Fsp3) is 0.556. The first kappa shape index (κ1) is 17.0. The third kappa shape index (κ3) is 3.05. The average molecular weight is 356 g/mol. The Hall–Kier alpha value is -2.48. The minimum absolute atomic E-state index is 0.180. The number of nitrogen functional groups attached to an aromatic ring is 1. The van der Waals surface area contributed by atoms with Crippen molar-refractivity contribution in [2.75, 3.05) is 25.4 Å². The molecule has 8 nitrogen and oxygen atoms in total. The number of likely N-dealkylation sites (tertiary alicyclic amines) is 1. The molecular weight excluding hydrogens is 332 g/mol. The standard InChI is InChI=1S/C18H24N6O2/c1-23-14(4-8-21-23)2-3-15(25)24-9-6-18(7-10-24)16-13(5-11-26-18)12-20-17(19)22-16/h4,8,12H,2-3,5-7,9-11H2,1H3,(H2,19,20,22). The first-order chi connectivity index (χ1) is 12.6. The van der Waals surface area contributed by atoms with Gasteiger partial charge >= 0.3 is 0 Å². The van der Waals surface area contributed by atoms with Crippen LogP contribution in [0.25, 0.3) is 0 Å². The van der Waals surface area contributed by atoms with E-state index in [4.69, 9.17) is 10.5 Å². The number of carbonyl (C=O) groups excluding carboxylic acids is 1. The summed E-state index contributed by atoms with van der Waals surface area (Å²) in [6, 6.07) is 1.95. The largest absolute Gasteiger partial charge is 0.368 e. The highest BCUT2D eigenvalue weighted by Crippen LogP contribution is 2.40. The van der Waals surface area contributed by atoms with E-state index in [9.17, 15) is 4.79 Å². The maximum absolute atomic E-state index is 12.6. The molecule has 2 aromatic heterocycles. The number of rotatable bonds is 3. The third-order valence-corrected chi connectivity index (χ3v) is 5.51. The lowest BCUT2D eigenvalue weighted by Crippen LogP contribution is -2.49. The number of hydrogen-bond acceptors (Lipinski definition) is 6. The van der Waals surface area contributed by atoms with Crippen LogP contribution in [-0.2, 0) is 35.0 Å². The van der Waals surface area contributed by atoms with Crippen molar-refractivity contribution in [2.45, 2.75) is 37.7 Å². The van der Waals surface area contributed by atoms with Gasteiger partial charge in [-0.15, -0.1) is 0 Å². The molecule has 0 atom stereocenters. The Balaban J connectivity index is 1.41. The van der Waals surface area contributed by atoms with Gasteiger partial charge in [0.05, 0.1) is 12.3 Å². The molecule has 2 aromatic rings. The molecule has 2 aliphatic rings. The van der Waals surface area contributed by atoms with Gasteiger partial charge in [0, 0.05) is 44.6 Å². The van der Waals surface area contributed by atoms with Gasteiger partial charge < -0.3 is 15.4 Å². The summed E-state index contributed by atoms with van der Waals surface area (Å²) < 4.78 is 7.97. The van der Waals surface area contributed by atoms with Crippen LogP contribution in [0.15, 0.2) is 18.5 Å². The smallest absolute Gasteiger partial charge is 0.222 e. The second-order valence-electron chi connectivity index (χ2n) is 7.02. The molecule has 1 saturated heterocycles. The van der Waals surface area contributed by atoms with Gasteiger partial charge in [0.25, 0.3) is 0 Å². The van der Waals surface area contributed by atoms with E-state index in [-0.39, 0.29) is 11.9 Å². The van der Waals surface area contributed by atoms with Gasteiger partial charge in [-0.05, 0) is 37.3 Å². The van der Waals surface area contributed by atoms with E-state index < -0.39 is 5.60 Å². The first-order valence-electron chi connectivity index (χ1n) is 9.08. The van der Waals surface area contributed by atoms with Gasteiger partial charge in [0.1, 0.15) is 5.60 Å². The zero-order chi connectivity index (χ0) is 18.1. The molecule has 1 amide bonds. The van der Waals surface area contributed by atoms with Crippen LogP contribution in [0.4, 0.5) is 5.95 Å². The molecule has 0 unspecified atom stereocenters. The molecule has 8 heteroatoms. The Kier molecular flexibility index (Phi) is 4.36. The van der Waals surface area contributed by atoms with E-state index >= 15 is 0 Å². The van der Waals surface area contributed by atoms with E-state index in [0.29, 0.717) is 32.5 Å². The van der Waals surface area contributed by atoms with Gasteiger partial charge in [-0.25, -0.2) is 9.97 Å². The molecule has 4 rings (SSSR count). The minimum Gasteiger partial charge on any atom is -0.368 e. The molecule has 1 fully saturated rings. The minimum atomic E-state index is -0.427. The summed E-state index contributed by atoms with van der Waals surface area (Å²) in [5, 5.41) is 4.15. The van der Waals surface area contributed by atoms with Crippen LogP contribution in [0.1, 0.15) is 36.2 Å². The summed E-state index contributed by atoms with van der Waals surface area (Å²) in [5.41, 5.74) is 8.47. The van der Waals surface area contributed by atoms with Crippen molar-refractivity contribution in [1.82, 2.24) is 24.6 Å². The highest BCUT2D eigenvalue weighted by atomic mass is 16.5. The quantitative estimate of drug-likeness (QED) is 0.874. The predicted molar refractivity (Wildman–Crippen MR) is 95.1 cm³/mol. The predicted octanol–water partition coefficient (Wildman–Crippen LogP) is 0.816. The van der Waals surface area contributed by atoms with Gasteiger partial charge in [-0.3, -0.25) is 9.48 Å². The van der Waals surface area contributed by atoms with Crippen molar-refractivity contribution in [1.29, 1.82) is 0 Å². The maximum atomic E-state index is 12.6. The SMILES string of the molecule is Cn1nccc1CCC(=O)N1CCC2(CC1)OCCc1cnc(N)nc12. The van der Waals surface area contributed by atoms with Crippen LogP contribution < -0.4 is 5.73 Å². The van der Waals surface area contributed by atoms with E-state index in [1.807, 2.05) is 28.9 Å². The monoisotopic (exact) mass is 356 g/mol. The summed E-state index contributed by atoms with van der Waals surface area (Å²) in [6.07, 6.45) is 7.08. The molecule has 138 valence electrons. The number of fused-ring (bicyclic) bond motifs is 2. The Morgan fingerprint density at radius 3 is 2.92 bits per heavy atom. The summed E-state index contributed by atoms with van der Waals surface area (Å²) in [4.78, 5) is 23.1. The number of nitrogens with two attached hydrogens (primary N) is 1. The molecule has 2 aliphatic heterocycles. The molecule has 0 aliphatic carbocycles. The van der Waals surface area contributed by atoms with Gasteiger partial charge in [-0.2, -0.15) is 5.10 Å². The Morgan fingerprint density at radius 1 is 1.38 bits per heavy atom. The second-order valence-corrected chi connectivity index (χ2v) is 7.02. The van der Waals surface area contributed by atoms with Crippen molar-refractivity contribution in [3.05, 3.63) is 35.4 Å². The van der Waals surface area contributed by atoms with Crippen LogP contribution >= 0.6 is 0 Å². The molecule has 0 bridgehead atoms. The summed E-state index contributed by atoms with van der Waals surface area (Å²) in [6.45, 7) is 2.01. The van der Waals surface area contributed by atoms with Crippen LogP contribution in [0.5, 0.6) is 0 Å². The normalized spacial score (nSPS) is 18.7. The zero-order valence-electron chi connectivity index (χ0n) is 15.0. The van der Waals surface area contributed by atoms with Gasteiger partial charge in [-0.1, -0.05) is 0 Å². The number of anilines is 1. The number of aromatic nitrogens is 4. The molecule has 0 aromatic carbocycles. The third-order valence-electron chi connectivity index (χ3n) is 5.51. The molecule has 2 N–H and O–H groups in total. The highest BCUT2D eigenvalue weighted by Gasteiger charge is 2.43. The Labute approximate surface area is 152 Å². The summed E-state index contributed by atoms with van der Waals surface area (Å²) in [7, 11) is 1.90. The topological polar surface area (TPSA) is 99.2 Å². The fourth-order valence-corrected chi connectivity index (χ4v) is 3.96. The summed E-state index contributed by atoms with van der Waals surface area (Å²) in [5.74, 6) is 0.461. The number of hydrogen-bond donors (Lipinski definition) is 1. The number of amides is 1. The van der Waals surface area contributed by atoms with Crippen molar-refractivity contribution in [3.63, 3.8) is 0 Å². The van der Waals surface area contributed by atoms with Crippen LogP contribution in [0, 0.1) is 0 Å². The fourth-order valence-electron chi connectivity index (χ4n) is 3.96. The average Bonchev–Trinajstić information content (AvgIpc) is 3.06. The second kappa shape index (κ2) is 6.68. The lowest BCUT2D eigenvalue weighted by molar-refractivity contribution is -0.141. The maximum Gasteiger partial charge on any atom is 0.222 e. The van der Waals surface area contributed by atoms with Crippen molar-refractivity contribution < 1.29 is 9.53 Å². The number of ether oxygens (including phenoxy) is 1. The molecular formula is C18H24N6O2. The molecule has 4 heterocycles. The van der Waals surface area contributed by atoms with Crippen molar-refractivity contribution >= 4 is 11.9 Å². The molecule has 0 saturated carbocycles. The van der Waals surface area contributed by atoms with Crippen molar-refractivity contribution in [3.8, 4) is 0 Å². The zero-order valence-corrected chi connectivity index (χ0v) is 15.0. The Morgan fingerprint density at radius 2 is 2.19 bits per heavy atom. The first-order valence-corrected chi connectivity index (χ1v) is 9.08. The van der Waals surface area contributed by atoms with E-state index in [1.54, 1.807) is 6.20 Å².